The van der Waals surface area contributed by atoms with Gasteiger partial charge in [0.05, 0.1) is 0 Å². The van der Waals surface area contributed by atoms with Gasteiger partial charge in [0.2, 0.25) is 0 Å². The lowest BCUT2D eigenvalue weighted by molar-refractivity contribution is 0.462. The molecule has 0 amide bonds. The lowest BCUT2D eigenvalue weighted by Gasteiger charge is -2.04. The largest absolute Gasteiger partial charge is 0.508 e. The van der Waals surface area contributed by atoms with Crippen molar-refractivity contribution in [1.29, 1.82) is 0 Å². The number of rotatable bonds is 1. The van der Waals surface area contributed by atoms with Crippen LogP contribution in [0.5, 0.6) is 11.5 Å². The Kier molecular flexibility index (Phi) is 2.07. The molecule has 0 atom stereocenters. The summed E-state index contributed by atoms with van der Waals surface area (Å²) in [4.78, 5) is 3.88. The molecule has 0 unspecified atom stereocenters. The first-order chi connectivity index (χ1) is 6.77. The molecule has 0 aliphatic rings. The second-order valence-electron chi connectivity index (χ2n) is 2.94. The van der Waals surface area contributed by atoms with Gasteiger partial charge in [-0.2, -0.15) is 0 Å². The van der Waals surface area contributed by atoms with Crippen molar-refractivity contribution in [2.75, 3.05) is 0 Å². The number of pyridine rings is 1. The Morgan fingerprint density at radius 3 is 2.36 bits per heavy atom. The fourth-order valence-corrected chi connectivity index (χ4v) is 1.29. The third kappa shape index (κ3) is 1.52. The smallest absolute Gasteiger partial charge is 0.123 e. The topological polar surface area (TPSA) is 53.4 Å². The minimum Gasteiger partial charge on any atom is -0.508 e. The zero-order valence-corrected chi connectivity index (χ0v) is 7.38. The minimum atomic E-state index is 0.134. The summed E-state index contributed by atoms with van der Waals surface area (Å²) < 4.78 is 0. The van der Waals surface area contributed by atoms with E-state index in [0.717, 1.165) is 5.56 Å². The highest BCUT2D eigenvalue weighted by molar-refractivity contribution is 5.70. The fraction of sp³-hybridized carbons (Fsp3) is 0. The van der Waals surface area contributed by atoms with Crippen LogP contribution in [0.4, 0.5) is 0 Å². The molecule has 1 aromatic carbocycles. The number of benzene rings is 1. The van der Waals surface area contributed by atoms with Gasteiger partial charge in [0.1, 0.15) is 11.5 Å². The van der Waals surface area contributed by atoms with Crippen molar-refractivity contribution in [3.8, 4) is 22.6 Å². The maximum Gasteiger partial charge on any atom is 0.123 e. The summed E-state index contributed by atoms with van der Waals surface area (Å²) in [7, 11) is 0. The van der Waals surface area contributed by atoms with Gasteiger partial charge in [0.15, 0.2) is 0 Å². The third-order valence-electron chi connectivity index (χ3n) is 1.97. The van der Waals surface area contributed by atoms with E-state index in [1.807, 2.05) is 0 Å². The number of nitrogens with zero attached hydrogens (tertiary/aromatic N) is 1. The Labute approximate surface area is 81.3 Å². The van der Waals surface area contributed by atoms with Crippen LogP contribution in [0.2, 0.25) is 0 Å². The molecule has 0 aliphatic carbocycles. The Morgan fingerprint density at radius 1 is 0.929 bits per heavy atom. The molecule has 14 heavy (non-hydrogen) atoms. The molecule has 70 valence electrons. The van der Waals surface area contributed by atoms with Crippen molar-refractivity contribution in [2.24, 2.45) is 0 Å². The van der Waals surface area contributed by atoms with Crippen LogP contribution in [0.25, 0.3) is 11.1 Å². The molecule has 2 rings (SSSR count). The predicted octanol–water partition coefficient (Wildman–Crippen LogP) is 2.16. The Hall–Kier alpha value is -2.03. The van der Waals surface area contributed by atoms with Crippen LogP contribution >= 0.6 is 0 Å². The summed E-state index contributed by atoms with van der Waals surface area (Å²) in [6.45, 7) is 0. The average Bonchev–Trinajstić information content (AvgIpc) is 2.23. The van der Waals surface area contributed by atoms with E-state index in [0.29, 0.717) is 5.56 Å². The molecule has 0 spiro atoms. The van der Waals surface area contributed by atoms with Crippen LogP contribution in [0.3, 0.4) is 0 Å². The van der Waals surface area contributed by atoms with Gasteiger partial charge in [-0.1, -0.05) is 0 Å². The predicted molar refractivity (Wildman–Crippen MR) is 53.0 cm³/mol. The average molecular weight is 187 g/mol. The van der Waals surface area contributed by atoms with Crippen molar-refractivity contribution < 1.29 is 10.2 Å². The molecule has 0 aliphatic heterocycles. The standard InChI is InChI=1S/C11H9NO2/c13-9-1-2-11(14)10(7-9)8-3-5-12-6-4-8/h1-7,13-14H. The van der Waals surface area contributed by atoms with Gasteiger partial charge < -0.3 is 10.2 Å². The lowest BCUT2D eigenvalue weighted by atomic mass is 10.1. The molecule has 0 saturated heterocycles. The second kappa shape index (κ2) is 3.38. The number of phenols is 2. The van der Waals surface area contributed by atoms with Gasteiger partial charge in [0, 0.05) is 18.0 Å². The zero-order valence-electron chi connectivity index (χ0n) is 7.38. The van der Waals surface area contributed by atoms with Gasteiger partial charge in [-0.05, 0) is 35.9 Å². The van der Waals surface area contributed by atoms with E-state index in [-0.39, 0.29) is 11.5 Å². The van der Waals surface area contributed by atoms with Crippen LogP contribution in [-0.2, 0) is 0 Å². The summed E-state index contributed by atoms with van der Waals surface area (Å²) in [6.07, 6.45) is 3.28. The Morgan fingerprint density at radius 2 is 1.64 bits per heavy atom. The van der Waals surface area contributed by atoms with Crippen molar-refractivity contribution in [3.05, 3.63) is 42.7 Å². The number of aromatic nitrogens is 1. The number of hydrogen-bond acceptors (Lipinski definition) is 3. The molecule has 3 nitrogen and oxygen atoms in total. The maximum atomic E-state index is 9.56. The SMILES string of the molecule is Oc1ccc(O)c(-c2ccncc2)c1. The van der Waals surface area contributed by atoms with Gasteiger partial charge >= 0.3 is 0 Å². The first-order valence-corrected chi connectivity index (χ1v) is 4.20. The van der Waals surface area contributed by atoms with E-state index in [2.05, 4.69) is 4.98 Å². The molecule has 1 heterocycles. The van der Waals surface area contributed by atoms with E-state index < -0.39 is 0 Å². The summed E-state index contributed by atoms with van der Waals surface area (Å²) >= 11 is 0. The van der Waals surface area contributed by atoms with Gasteiger partial charge in [-0.15, -0.1) is 0 Å². The number of aromatic hydroxyl groups is 2. The van der Waals surface area contributed by atoms with Crippen LogP contribution in [0.15, 0.2) is 42.7 Å². The van der Waals surface area contributed by atoms with E-state index in [4.69, 9.17) is 0 Å². The van der Waals surface area contributed by atoms with E-state index in [1.165, 1.54) is 18.2 Å². The monoisotopic (exact) mass is 187 g/mol. The highest BCUT2D eigenvalue weighted by atomic mass is 16.3. The maximum absolute atomic E-state index is 9.56. The van der Waals surface area contributed by atoms with Crippen LogP contribution in [0, 0.1) is 0 Å². The molecule has 0 saturated carbocycles. The molecule has 2 N–H and O–H groups in total. The second-order valence-corrected chi connectivity index (χ2v) is 2.94. The van der Waals surface area contributed by atoms with Gasteiger partial charge in [-0.25, -0.2) is 0 Å². The van der Waals surface area contributed by atoms with Crippen LogP contribution in [-0.4, -0.2) is 15.2 Å². The molecule has 0 radical (unpaired) electrons. The molecule has 1 aromatic heterocycles. The number of hydrogen-bond donors (Lipinski definition) is 2. The number of phenolic OH excluding ortho intramolecular Hbond substituents is 2. The molecular formula is C11H9NO2. The molecule has 3 heteroatoms. The summed E-state index contributed by atoms with van der Waals surface area (Å²) in [6, 6.07) is 7.97. The molecule has 2 aromatic rings. The minimum absolute atomic E-state index is 0.134. The highest BCUT2D eigenvalue weighted by Gasteiger charge is 2.04. The van der Waals surface area contributed by atoms with Gasteiger partial charge in [-0.3, -0.25) is 4.98 Å². The van der Waals surface area contributed by atoms with Gasteiger partial charge in [0.25, 0.3) is 0 Å². The zero-order chi connectivity index (χ0) is 9.97. The quantitative estimate of drug-likeness (QED) is 0.672. The molecular weight excluding hydrogens is 178 g/mol. The third-order valence-corrected chi connectivity index (χ3v) is 1.97. The molecule has 0 fully saturated rings. The molecule has 0 bridgehead atoms. The van der Waals surface area contributed by atoms with Crippen molar-refractivity contribution in [3.63, 3.8) is 0 Å². The summed E-state index contributed by atoms with van der Waals surface area (Å²) in [5.41, 5.74) is 1.43. The van der Waals surface area contributed by atoms with E-state index in [1.54, 1.807) is 24.5 Å². The Balaban J connectivity index is 2.57. The van der Waals surface area contributed by atoms with Crippen LogP contribution in [0.1, 0.15) is 0 Å². The van der Waals surface area contributed by atoms with Crippen molar-refractivity contribution in [2.45, 2.75) is 0 Å². The summed E-state index contributed by atoms with van der Waals surface area (Å²) in [5, 5.41) is 18.8. The van der Waals surface area contributed by atoms with Crippen molar-refractivity contribution >= 4 is 0 Å². The van der Waals surface area contributed by atoms with Crippen molar-refractivity contribution in [1.82, 2.24) is 4.98 Å². The fourth-order valence-electron chi connectivity index (χ4n) is 1.29. The first-order valence-electron chi connectivity index (χ1n) is 4.20. The first kappa shape index (κ1) is 8.56. The van der Waals surface area contributed by atoms with Crippen LogP contribution < -0.4 is 0 Å². The summed E-state index contributed by atoms with van der Waals surface area (Å²) in [5.74, 6) is 0.281. The Bertz CT molecular complexity index is 440. The van der Waals surface area contributed by atoms with E-state index in [9.17, 15) is 10.2 Å². The van der Waals surface area contributed by atoms with E-state index >= 15 is 0 Å². The normalized spacial score (nSPS) is 10.0. The highest BCUT2D eigenvalue weighted by Crippen LogP contribution is 2.31. The lowest BCUT2D eigenvalue weighted by Crippen LogP contribution is -1.79.